The van der Waals surface area contributed by atoms with Gasteiger partial charge in [0.2, 0.25) is 0 Å². The van der Waals surface area contributed by atoms with Gasteiger partial charge in [-0.3, -0.25) is 4.79 Å². The van der Waals surface area contributed by atoms with Gasteiger partial charge in [0.25, 0.3) is 5.91 Å². The summed E-state index contributed by atoms with van der Waals surface area (Å²) < 4.78 is 10.5. The molecular formula is C20H30N2O4. The molecule has 1 aromatic carbocycles. The Labute approximate surface area is 156 Å². The van der Waals surface area contributed by atoms with Crippen LogP contribution >= 0.6 is 0 Å². The molecule has 144 valence electrons. The standard InChI is InChI=1S/C20H30N2O4/c1-6-26-20(24)22-9-7-8-21(10-11-22)19(23)17-13-16(14(2)3)18(25-5)12-15(17)4/h12-14H,6-11H2,1-5H3. The first-order chi connectivity index (χ1) is 12.4. The van der Waals surface area contributed by atoms with Crippen molar-refractivity contribution in [3.63, 3.8) is 0 Å². The second-order valence-electron chi connectivity index (χ2n) is 6.90. The molecule has 2 rings (SSSR count). The summed E-state index contributed by atoms with van der Waals surface area (Å²) in [5, 5.41) is 0. The van der Waals surface area contributed by atoms with E-state index >= 15 is 0 Å². The van der Waals surface area contributed by atoms with E-state index in [1.54, 1.807) is 18.9 Å². The second kappa shape index (κ2) is 8.92. The molecular weight excluding hydrogens is 332 g/mol. The highest BCUT2D eigenvalue weighted by molar-refractivity contribution is 5.96. The molecule has 0 radical (unpaired) electrons. The third-order valence-electron chi connectivity index (χ3n) is 4.74. The Morgan fingerprint density at radius 3 is 2.38 bits per heavy atom. The molecule has 1 aliphatic rings. The number of amides is 2. The molecule has 0 saturated carbocycles. The van der Waals surface area contributed by atoms with Gasteiger partial charge in [-0.25, -0.2) is 4.79 Å². The maximum Gasteiger partial charge on any atom is 0.409 e. The van der Waals surface area contributed by atoms with E-state index in [-0.39, 0.29) is 17.9 Å². The molecule has 0 unspecified atom stereocenters. The molecule has 1 fully saturated rings. The van der Waals surface area contributed by atoms with Crippen LogP contribution in [0.3, 0.4) is 0 Å². The molecule has 0 bridgehead atoms. The fourth-order valence-corrected chi connectivity index (χ4v) is 3.24. The van der Waals surface area contributed by atoms with E-state index < -0.39 is 0 Å². The van der Waals surface area contributed by atoms with Crippen LogP contribution in [0.25, 0.3) is 0 Å². The Hall–Kier alpha value is -2.24. The fraction of sp³-hybridized carbons (Fsp3) is 0.600. The van der Waals surface area contributed by atoms with Gasteiger partial charge in [-0.05, 0) is 49.4 Å². The van der Waals surface area contributed by atoms with Crippen LogP contribution in [0.5, 0.6) is 5.75 Å². The van der Waals surface area contributed by atoms with E-state index in [4.69, 9.17) is 9.47 Å². The molecule has 6 nitrogen and oxygen atoms in total. The first-order valence-electron chi connectivity index (χ1n) is 9.28. The maximum atomic E-state index is 13.1. The number of methoxy groups -OCH3 is 1. The minimum Gasteiger partial charge on any atom is -0.496 e. The lowest BCUT2D eigenvalue weighted by Gasteiger charge is -2.23. The zero-order valence-corrected chi connectivity index (χ0v) is 16.5. The highest BCUT2D eigenvalue weighted by Gasteiger charge is 2.25. The first kappa shape index (κ1) is 20.1. The predicted molar refractivity (Wildman–Crippen MR) is 101 cm³/mol. The lowest BCUT2D eigenvalue weighted by Crippen LogP contribution is -2.37. The average molecular weight is 362 g/mol. The van der Waals surface area contributed by atoms with Crippen LogP contribution in [0.15, 0.2) is 12.1 Å². The Morgan fingerprint density at radius 1 is 1.12 bits per heavy atom. The molecule has 26 heavy (non-hydrogen) atoms. The minimum atomic E-state index is -0.301. The summed E-state index contributed by atoms with van der Waals surface area (Å²) in [5.41, 5.74) is 2.64. The normalized spacial score (nSPS) is 15.0. The number of hydrogen-bond acceptors (Lipinski definition) is 4. The van der Waals surface area contributed by atoms with Crippen molar-refractivity contribution in [2.45, 2.75) is 40.0 Å². The van der Waals surface area contributed by atoms with Crippen molar-refractivity contribution in [2.24, 2.45) is 0 Å². The zero-order valence-electron chi connectivity index (χ0n) is 16.5. The van der Waals surface area contributed by atoms with Crippen molar-refractivity contribution >= 4 is 12.0 Å². The molecule has 1 aromatic rings. The Balaban J connectivity index is 2.18. The van der Waals surface area contributed by atoms with E-state index in [1.165, 1.54) is 0 Å². The highest BCUT2D eigenvalue weighted by atomic mass is 16.6. The average Bonchev–Trinajstić information content (AvgIpc) is 2.87. The van der Waals surface area contributed by atoms with E-state index in [0.717, 1.165) is 23.3 Å². The molecule has 1 saturated heterocycles. The summed E-state index contributed by atoms with van der Waals surface area (Å²) in [6, 6.07) is 3.89. The topological polar surface area (TPSA) is 59.1 Å². The van der Waals surface area contributed by atoms with Crippen LogP contribution in [0.1, 0.15) is 54.6 Å². The first-order valence-corrected chi connectivity index (χ1v) is 9.28. The van der Waals surface area contributed by atoms with E-state index in [2.05, 4.69) is 13.8 Å². The molecule has 0 atom stereocenters. The highest BCUT2D eigenvalue weighted by Crippen LogP contribution is 2.30. The lowest BCUT2D eigenvalue weighted by atomic mass is 9.95. The third kappa shape index (κ3) is 4.48. The van der Waals surface area contributed by atoms with Crippen LogP contribution < -0.4 is 4.74 Å². The summed E-state index contributed by atoms with van der Waals surface area (Å²) >= 11 is 0. The van der Waals surface area contributed by atoms with Crippen LogP contribution in [0, 0.1) is 6.92 Å². The summed E-state index contributed by atoms with van der Waals surface area (Å²) in [4.78, 5) is 28.5. The molecule has 6 heteroatoms. The number of ether oxygens (including phenoxy) is 2. The second-order valence-corrected chi connectivity index (χ2v) is 6.90. The quantitative estimate of drug-likeness (QED) is 0.823. The fourth-order valence-electron chi connectivity index (χ4n) is 3.24. The summed E-state index contributed by atoms with van der Waals surface area (Å²) in [6.07, 6.45) is 0.445. The molecule has 1 heterocycles. The van der Waals surface area contributed by atoms with E-state index in [9.17, 15) is 9.59 Å². The Kier molecular flexibility index (Phi) is 6.89. The van der Waals surface area contributed by atoms with E-state index in [0.29, 0.717) is 38.3 Å². The van der Waals surface area contributed by atoms with Gasteiger partial charge < -0.3 is 19.3 Å². The molecule has 0 N–H and O–H groups in total. The molecule has 0 aliphatic carbocycles. The van der Waals surface area contributed by atoms with Gasteiger partial charge in [-0.1, -0.05) is 13.8 Å². The van der Waals surface area contributed by atoms with Gasteiger partial charge in [0.15, 0.2) is 0 Å². The van der Waals surface area contributed by atoms with Crippen molar-refractivity contribution in [3.8, 4) is 5.75 Å². The molecule has 0 spiro atoms. The van der Waals surface area contributed by atoms with Crippen molar-refractivity contribution in [2.75, 3.05) is 39.9 Å². The summed E-state index contributed by atoms with van der Waals surface area (Å²) in [5.74, 6) is 1.09. The van der Waals surface area contributed by atoms with Crippen LogP contribution in [0.2, 0.25) is 0 Å². The number of benzene rings is 1. The van der Waals surface area contributed by atoms with Gasteiger partial charge in [-0.2, -0.15) is 0 Å². The van der Waals surface area contributed by atoms with Gasteiger partial charge in [0.05, 0.1) is 13.7 Å². The number of nitrogens with zero attached hydrogens (tertiary/aromatic N) is 2. The van der Waals surface area contributed by atoms with Crippen LogP contribution in [0.4, 0.5) is 4.79 Å². The van der Waals surface area contributed by atoms with Crippen LogP contribution in [-0.4, -0.2) is 61.7 Å². The number of carbonyl (C=O) groups is 2. The Bertz CT molecular complexity index is 657. The SMILES string of the molecule is CCOC(=O)N1CCCN(C(=O)c2cc(C(C)C)c(OC)cc2C)CC1. The number of carbonyl (C=O) groups excluding carboxylic acids is 2. The maximum absolute atomic E-state index is 13.1. The third-order valence-corrected chi connectivity index (χ3v) is 4.74. The van der Waals surface area contributed by atoms with E-state index in [1.807, 2.05) is 24.0 Å². The predicted octanol–water partition coefficient (Wildman–Crippen LogP) is 3.43. The molecule has 2 amide bonds. The van der Waals surface area contributed by atoms with Crippen molar-refractivity contribution in [3.05, 3.63) is 28.8 Å². The Morgan fingerprint density at radius 2 is 1.77 bits per heavy atom. The number of rotatable bonds is 4. The van der Waals surface area contributed by atoms with Crippen molar-refractivity contribution < 1.29 is 19.1 Å². The van der Waals surface area contributed by atoms with Gasteiger partial charge >= 0.3 is 6.09 Å². The number of aryl methyl sites for hydroxylation is 1. The number of hydrogen-bond donors (Lipinski definition) is 0. The monoisotopic (exact) mass is 362 g/mol. The van der Waals surface area contributed by atoms with Gasteiger partial charge in [0.1, 0.15) is 5.75 Å². The lowest BCUT2D eigenvalue weighted by molar-refractivity contribution is 0.0752. The zero-order chi connectivity index (χ0) is 19.3. The molecule has 1 aliphatic heterocycles. The van der Waals surface area contributed by atoms with Crippen molar-refractivity contribution in [1.29, 1.82) is 0 Å². The smallest absolute Gasteiger partial charge is 0.409 e. The minimum absolute atomic E-state index is 0.0118. The van der Waals surface area contributed by atoms with Gasteiger partial charge in [-0.15, -0.1) is 0 Å². The van der Waals surface area contributed by atoms with Crippen molar-refractivity contribution in [1.82, 2.24) is 9.80 Å². The van der Waals surface area contributed by atoms with Crippen LogP contribution in [-0.2, 0) is 4.74 Å². The largest absolute Gasteiger partial charge is 0.496 e. The molecule has 0 aromatic heterocycles. The van der Waals surface area contributed by atoms with Gasteiger partial charge in [0, 0.05) is 31.7 Å². The summed E-state index contributed by atoms with van der Waals surface area (Å²) in [7, 11) is 1.65. The summed E-state index contributed by atoms with van der Waals surface area (Å²) in [6.45, 7) is 10.5.